The molecule has 0 saturated heterocycles. The van der Waals surface area contributed by atoms with Gasteiger partial charge in [-0.25, -0.2) is 8.42 Å². The summed E-state index contributed by atoms with van der Waals surface area (Å²) in [6.07, 6.45) is 1.85. The van der Waals surface area contributed by atoms with E-state index in [0.29, 0.717) is 5.02 Å². The molecule has 0 radical (unpaired) electrons. The molecular formula is C12H13ClN2O2S. The van der Waals surface area contributed by atoms with Crippen molar-refractivity contribution in [3.63, 3.8) is 0 Å². The fraction of sp³-hybridized carbons (Fsp3) is 0.417. The first-order valence-electron chi connectivity index (χ1n) is 5.53. The summed E-state index contributed by atoms with van der Waals surface area (Å²) in [6.45, 7) is 0. The molecule has 0 atom stereocenters. The van der Waals surface area contributed by atoms with E-state index in [4.69, 9.17) is 22.6 Å². The van der Waals surface area contributed by atoms with Crippen LogP contribution >= 0.6 is 11.6 Å². The van der Waals surface area contributed by atoms with Crippen LogP contribution in [0.15, 0.2) is 23.1 Å². The topological polar surface area (TPSA) is 84.0 Å². The zero-order valence-electron chi connectivity index (χ0n) is 9.69. The zero-order chi connectivity index (χ0) is 13.4. The molecule has 0 unspecified atom stereocenters. The third-order valence-electron chi connectivity index (χ3n) is 3.21. The number of nitrogens with two attached hydrogens (primary N) is 1. The maximum atomic E-state index is 12.3. The van der Waals surface area contributed by atoms with Crippen LogP contribution in [0, 0.1) is 16.7 Å². The second kappa shape index (κ2) is 4.45. The minimum absolute atomic E-state index is 0.0145. The summed E-state index contributed by atoms with van der Waals surface area (Å²) in [4.78, 5) is 0.108. The quantitative estimate of drug-likeness (QED) is 0.861. The van der Waals surface area contributed by atoms with Gasteiger partial charge in [-0.2, -0.15) is 5.26 Å². The van der Waals surface area contributed by atoms with Crippen molar-refractivity contribution >= 4 is 27.1 Å². The van der Waals surface area contributed by atoms with E-state index in [1.807, 2.05) is 0 Å². The van der Waals surface area contributed by atoms with Gasteiger partial charge >= 0.3 is 0 Å². The first kappa shape index (κ1) is 13.2. The minimum atomic E-state index is -3.46. The summed E-state index contributed by atoms with van der Waals surface area (Å²) in [5, 5.41) is 9.12. The van der Waals surface area contributed by atoms with Crippen molar-refractivity contribution in [3.05, 3.63) is 23.2 Å². The molecule has 1 aliphatic carbocycles. The highest BCUT2D eigenvalue weighted by atomic mass is 35.5. The maximum absolute atomic E-state index is 12.3. The van der Waals surface area contributed by atoms with Crippen LogP contribution < -0.4 is 5.73 Å². The molecular weight excluding hydrogens is 272 g/mol. The molecule has 0 amide bonds. The van der Waals surface area contributed by atoms with E-state index in [0.717, 1.165) is 12.8 Å². The van der Waals surface area contributed by atoms with E-state index in [2.05, 4.69) is 6.07 Å². The highest BCUT2D eigenvalue weighted by Gasteiger charge is 2.46. The van der Waals surface area contributed by atoms with Crippen LogP contribution in [0.2, 0.25) is 5.02 Å². The number of sulfone groups is 1. The van der Waals surface area contributed by atoms with E-state index in [9.17, 15) is 8.42 Å². The molecule has 1 aromatic carbocycles. The summed E-state index contributed by atoms with van der Waals surface area (Å²) in [6, 6.07) is 6.41. The van der Waals surface area contributed by atoms with Crippen LogP contribution in [0.3, 0.4) is 0 Å². The largest absolute Gasteiger partial charge is 0.398 e. The van der Waals surface area contributed by atoms with Crippen molar-refractivity contribution in [2.75, 3.05) is 11.5 Å². The fourth-order valence-corrected chi connectivity index (χ4v) is 4.23. The fourth-order valence-electron chi connectivity index (χ4n) is 2.00. The Kier molecular flexibility index (Phi) is 3.26. The van der Waals surface area contributed by atoms with Gasteiger partial charge in [-0.1, -0.05) is 11.6 Å². The Morgan fingerprint density at radius 1 is 1.44 bits per heavy atom. The smallest absolute Gasteiger partial charge is 0.180 e. The average Bonchev–Trinajstić information content (AvgIpc) is 2.96. The van der Waals surface area contributed by atoms with Crippen molar-refractivity contribution in [3.8, 4) is 6.07 Å². The Hall–Kier alpha value is -1.25. The van der Waals surface area contributed by atoms with Gasteiger partial charge in [0.05, 0.1) is 22.4 Å². The summed E-state index contributed by atoms with van der Waals surface area (Å²) >= 11 is 5.74. The summed E-state index contributed by atoms with van der Waals surface area (Å²) < 4.78 is 24.5. The van der Waals surface area contributed by atoms with Crippen molar-refractivity contribution in [2.45, 2.75) is 24.2 Å². The van der Waals surface area contributed by atoms with Crippen molar-refractivity contribution in [2.24, 2.45) is 5.41 Å². The first-order chi connectivity index (χ1) is 8.38. The van der Waals surface area contributed by atoms with Gasteiger partial charge in [-0.15, -0.1) is 0 Å². The highest BCUT2D eigenvalue weighted by molar-refractivity contribution is 7.91. The molecule has 1 aliphatic rings. The predicted octanol–water partition coefficient (Wildman–Crippen LogP) is 2.39. The second-order valence-corrected chi connectivity index (χ2v) is 7.17. The minimum Gasteiger partial charge on any atom is -0.398 e. The third kappa shape index (κ3) is 2.60. The second-order valence-electron chi connectivity index (χ2n) is 4.78. The summed E-state index contributed by atoms with van der Waals surface area (Å²) in [5.41, 5.74) is 5.49. The summed E-state index contributed by atoms with van der Waals surface area (Å²) in [7, 11) is -3.46. The lowest BCUT2D eigenvalue weighted by molar-refractivity contribution is 0.548. The number of benzene rings is 1. The number of rotatable bonds is 4. The van der Waals surface area contributed by atoms with Gasteiger partial charge in [0.25, 0.3) is 0 Å². The number of anilines is 1. The Bertz CT molecular complexity index is 615. The lowest BCUT2D eigenvalue weighted by atomic mass is 10.1. The lowest BCUT2D eigenvalue weighted by Gasteiger charge is -2.13. The van der Waals surface area contributed by atoms with Gasteiger partial charge in [0, 0.05) is 11.4 Å². The maximum Gasteiger partial charge on any atom is 0.180 e. The van der Waals surface area contributed by atoms with E-state index in [-0.39, 0.29) is 28.2 Å². The molecule has 0 spiro atoms. The number of nitrogen functional groups attached to an aromatic ring is 1. The van der Waals surface area contributed by atoms with Gasteiger partial charge < -0.3 is 5.73 Å². The zero-order valence-corrected chi connectivity index (χ0v) is 11.3. The number of nitrogens with zero attached hydrogens (tertiary/aromatic N) is 1. The molecule has 4 nitrogen and oxygen atoms in total. The SMILES string of the molecule is N#CCC1(CS(=O)(=O)c2ccc(Cl)cc2N)CC1. The number of hydrogen-bond donors (Lipinski definition) is 1. The van der Waals surface area contributed by atoms with Gasteiger partial charge in [0.2, 0.25) is 0 Å². The van der Waals surface area contributed by atoms with Crippen molar-refractivity contribution in [1.82, 2.24) is 0 Å². The summed E-state index contributed by atoms with van der Waals surface area (Å²) in [5.74, 6) is -0.0145. The van der Waals surface area contributed by atoms with Gasteiger partial charge in [0.1, 0.15) is 0 Å². The monoisotopic (exact) mass is 284 g/mol. The van der Waals surface area contributed by atoms with Crippen LogP contribution in [0.4, 0.5) is 5.69 Å². The predicted molar refractivity (Wildman–Crippen MR) is 69.8 cm³/mol. The molecule has 2 N–H and O–H groups in total. The normalized spacial score (nSPS) is 17.1. The molecule has 2 rings (SSSR count). The number of halogens is 1. The average molecular weight is 285 g/mol. The molecule has 6 heteroatoms. The van der Waals surface area contributed by atoms with Crippen LogP contribution in [0.1, 0.15) is 19.3 Å². The van der Waals surface area contributed by atoms with Gasteiger partial charge in [-0.05, 0) is 36.5 Å². The Labute approximate surface area is 111 Å². The molecule has 96 valence electrons. The lowest BCUT2D eigenvalue weighted by Crippen LogP contribution is -2.18. The van der Waals surface area contributed by atoms with E-state index in [1.165, 1.54) is 18.2 Å². The van der Waals surface area contributed by atoms with Crippen LogP contribution in [-0.4, -0.2) is 14.2 Å². The Morgan fingerprint density at radius 3 is 2.61 bits per heavy atom. The molecule has 1 fully saturated rings. The molecule has 1 aromatic rings. The molecule has 0 aromatic heterocycles. The molecule has 0 aliphatic heterocycles. The third-order valence-corrected chi connectivity index (χ3v) is 5.48. The number of hydrogen-bond acceptors (Lipinski definition) is 4. The van der Waals surface area contributed by atoms with E-state index >= 15 is 0 Å². The van der Waals surface area contributed by atoms with Crippen LogP contribution in [0.25, 0.3) is 0 Å². The van der Waals surface area contributed by atoms with Gasteiger partial charge in [-0.3, -0.25) is 0 Å². The molecule has 0 heterocycles. The number of nitriles is 1. The van der Waals surface area contributed by atoms with Crippen LogP contribution in [0.5, 0.6) is 0 Å². The van der Waals surface area contributed by atoms with Crippen LogP contribution in [-0.2, 0) is 9.84 Å². The Balaban J connectivity index is 2.29. The molecule has 18 heavy (non-hydrogen) atoms. The standard InChI is InChI=1S/C12H13ClN2O2S/c13-9-1-2-11(10(15)7-9)18(16,17)8-12(3-4-12)5-6-14/h1-2,7H,3-5,8,15H2. The van der Waals surface area contributed by atoms with Gasteiger partial charge in [0.15, 0.2) is 9.84 Å². The highest BCUT2D eigenvalue weighted by Crippen LogP contribution is 2.50. The van der Waals surface area contributed by atoms with E-state index < -0.39 is 9.84 Å². The molecule has 1 saturated carbocycles. The van der Waals surface area contributed by atoms with Crippen molar-refractivity contribution in [1.29, 1.82) is 5.26 Å². The molecule has 0 bridgehead atoms. The van der Waals surface area contributed by atoms with Crippen molar-refractivity contribution < 1.29 is 8.42 Å². The van der Waals surface area contributed by atoms with E-state index in [1.54, 1.807) is 0 Å². The Morgan fingerprint density at radius 2 is 2.11 bits per heavy atom. The first-order valence-corrected chi connectivity index (χ1v) is 7.56.